The number of hydrogen-bond acceptors (Lipinski definition) is 5. The van der Waals surface area contributed by atoms with Crippen molar-refractivity contribution >= 4 is 47.0 Å². The number of amides is 3. The highest BCUT2D eigenvalue weighted by atomic mass is 35.5. The van der Waals surface area contributed by atoms with Crippen LogP contribution in [0.1, 0.15) is 37.2 Å². The summed E-state index contributed by atoms with van der Waals surface area (Å²) in [4.78, 5) is 38.1. The third kappa shape index (κ3) is 4.41. The van der Waals surface area contributed by atoms with Crippen LogP contribution in [0.2, 0.25) is 0 Å². The van der Waals surface area contributed by atoms with Crippen molar-refractivity contribution in [3.63, 3.8) is 0 Å². The number of urea groups is 1. The average molecular weight is 436 g/mol. The largest absolute Gasteiger partial charge is 0.481 e. The molecule has 0 saturated carbocycles. The Bertz CT molecular complexity index is 968. The fraction of sp³-hybridized carbons (Fsp3) is 0.500. The van der Waals surface area contributed by atoms with Crippen LogP contribution < -0.4 is 10.2 Å². The lowest BCUT2D eigenvalue weighted by Gasteiger charge is -2.31. The number of hydrogen-bond donors (Lipinski definition) is 2. The molecule has 1 aromatic heterocycles. The number of aliphatic carboxylic acids is 1. The third-order valence-electron chi connectivity index (χ3n) is 5.87. The number of aromatic nitrogens is 2. The predicted octanol–water partition coefficient (Wildman–Crippen LogP) is 2.10. The Labute approximate surface area is 180 Å². The molecule has 3 amide bonds. The van der Waals surface area contributed by atoms with E-state index in [1.165, 1.54) is 10.5 Å². The molecule has 0 atom stereocenters. The summed E-state index contributed by atoms with van der Waals surface area (Å²) in [7, 11) is 1.86. The number of rotatable bonds is 5. The van der Waals surface area contributed by atoms with Gasteiger partial charge in [-0.25, -0.2) is 4.79 Å². The van der Waals surface area contributed by atoms with E-state index < -0.39 is 12.0 Å². The second kappa shape index (κ2) is 9.01. The van der Waals surface area contributed by atoms with Crippen LogP contribution in [0.5, 0.6) is 0 Å². The standard InChI is InChI=1S/C20H25N5O4.ClH/c1-23-16-12-14(13-4-8-24(9-5-13)10-7-18(27)28)2-3-15(16)19(22-23)25-11-6-17(26)21-20(25)29;/h2-3,12-13H,4-11H2,1H3,(H,27,28)(H,21,26,29);1H. The van der Waals surface area contributed by atoms with E-state index in [2.05, 4.69) is 27.4 Å². The molecule has 162 valence electrons. The lowest BCUT2D eigenvalue weighted by Crippen LogP contribution is -2.49. The van der Waals surface area contributed by atoms with Crippen molar-refractivity contribution in [2.24, 2.45) is 7.05 Å². The predicted molar refractivity (Wildman–Crippen MR) is 114 cm³/mol. The van der Waals surface area contributed by atoms with Crippen LogP contribution in [0.3, 0.4) is 0 Å². The van der Waals surface area contributed by atoms with Crippen LogP contribution in [-0.4, -0.2) is 63.9 Å². The Morgan fingerprint density at radius 3 is 2.63 bits per heavy atom. The summed E-state index contributed by atoms with van der Waals surface area (Å²) < 4.78 is 1.78. The van der Waals surface area contributed by atoms with Gasteiger partial charge in [-0.1, -0.05) is 6.07 Å². The number of nitrogens with one attached hydrogen (secondary N) is 1. The minimum absolute atomic E-state index is 0. The van der Waals surface area contributed by atoms with E-state index in [4.69, 9.17) is 5.11 Å². The summed E-state index contributed by atoms with van der Waals surface area (Å²) in [5, 5.41) is 16.6. The highest BCUT2D eigenvalue weighted by molar-refractivity contribution is 6.08. The maximum Gasteiger partial charge on any atom is 0.329 e. The SMILES string of the molecule is Cl.Cn1nc(N2CCC(=O)NC2=O)c2ccc(C3CCN(CCC(=O)O)CC3)cc21. The Morgan fingerprint density at radius 2 is 1.97 bits per heavy atom. The maximum atomic E-state index is 12.2. The summed E-state index contributed by atoms with van der Waals surface area (Å²) in [5.74, 6) is -0.0166. The van der Waals surface area contributed by atoms with Crippen LogP contribution in [0.4, 0.5) is 10.6 Å². The van der Waals surface area contributed by atoms with Crippen LogP contribution in [0.25, 0.3) is 10.9 Å². The fourth-order valence-electron chi connectivity index (χ4n) is 4.22. The van der Waals surface area contributed by atoms with Gasteiger partial charge in [-0.3, -0.25) is 24.5 Å². The smallest absolute Gasteiger partial charge is 0.329 e. The normalized spacial score (nSPS) is 18.4. The van der Waals surface area contributed by atoms with E-state index in [9.17, 15) is 14.4 Å². The van der Waals surface area contributed by atoms with Gasteiger partial charge in [0.2, 0.25) is 5.91 Å². The van der Waals surface area contributed by atoms with Crippen molar-refractivity contribution in [1.82, 2.24) is 20.0 Å². The maximum absolute atomic E-state index is 12.2. The molecule has 0 radical (unpaired) electrons. The number of carbonyl (C=O) groups is 3. The highest BCUT2D eigenvalue weighted by Crippen LogP contribution is 2.33. The molecular weight excluding hydrogens is 410 g/mol. The monoisotopic (exact) mass is 435 g/mol. The number of carbonyl (C=O) groups excluding carboxylic acids is 2. The summed E-state index contributed by atoms with van der Waals surface area (Å²) in [6.45, 7) is 2.73. The molecule has 2 fully saturated rings. The number of anilines is 1. The lowest BCUT2D eigenvalue weighted by atomic mass is 9.89. The molecule has 9 nitrogen and oxygen atoms in total. The Hall–Kier alpha value is -2.65. The van der Waals surface area contributed by atoms with Gasteiger partial charge in [0.15, 0.2) is 5.82 Å². The van der Waals surface area contributed by atoms with Gasteiger partial charge >= 0.3 is 12.0 Å². The quantitative estimate of drug-likeness (QED) is 0.744. The molecule has 0 spiro atoms. The molecule has 2 saturated heterocycles. The molecule has 1 aromatic carbocycles. The molecule has 10 heteroatoms. The molecule has 2 aliphatic heterocycles. The number of benzene rings is 1. The topological polar surface area (TPSA) is 108 Å². The molecule has 0 bridgehead atoms. The molecule has 2 N–H and O–H groups in total. The first-order chi connectivity index (χ1) is 13.9. The first kappa shape index (κ1) is 22.0. The second-order valence-electron chi connectivity index (χ2n) is 7.74. The molecule has 2 aromatic rings. The summed E-state index contributed by atoms with van der Waals surface area (Å²) in [5.41, 5.74) is 2.19. The number of fused-ring (bicyclic) bond motifs is 1. The van der Waals surface area contributed by atoms with E-state index in [1.54, 1.807) is 4.68 Å². The first-order valence-electron chi connectivity index (χ1n) is 9.94. The van der Waals surface area contributed by atoms with Crippen molar-refractivity contribution in [1.29, 1.82) is 0 Å². The molecule has 30 heavy (non-hydrogen) atoms. The van der Waals surface area contributed by atoms with E-state index in [0.29, 0.717) is 24.8 Å². The highest BCUT2D eigenvalue weighted by Gasteiger charge is 2.28. The fourth-order valence-corrected chi connectivity index (χ4v) is 4.22. The molecule has 3 heterocycles. The van der Waals surface area contributed by atoms with Gasteiger partial charge in [0, 0.05) is 31.9 Å². The summed E-state index contributed by atoms with van der Waals surface area (Å²) in [6.07, 6.45) is 2.44. The Morgan fingerprint density at radius 1 is 1.23 bits per heavy atom. The number of carboxylic acid groups (broad SMARTS) is 1. The van der Waals surface area contributed by atoms with E-state index >= 15 is 0 Å². The zero-order valence-corrected chi connectivity index (χ0v) is 17.7. The molecule has 0 aliphatic carbocycles. The molecule has 2 aliphatic rings. The average Bonchev–Trinajstić information content (AvgIpc) is 3.02. The van der Waals surface area contributed by atoms with Crippen molar-refractivity contribution in [2.45, 2.75) is 31.6 Å². The van der Waals surface area contributed by atoms with Gasteiger partial charge in [0.1, 0.15) is 0 Å². The zero-order chi connectivity index (χ0) is 20.5. The van der Waals surface area contributed by atoms with Crippen LogP contribution in [-0.2, 0) is 16.6 Å². The number of likely N-dealkylation sites (tertiary alicyclic amines) is 1. The van der Waals surface area contributed by atoms with Gasteiger partial charge in [0.05, 0.1) is 11.9 Å². The number of imide groups is 1. The van der Waals surface area contributed by atoms with E-state index in [0.717, 1.165) is 36.8 Å². The van der Waals surface area contributed by atoms with Gasteiger partial charge in [-0.15, -0.1) is 12.4 Å². The van der Waals surface area contributed by atoms with E-state index in [1.807, 2.05) is 13.1 Å². The molecular formula is C20H26ClN5O4. The second-order valence-corrected chi connectivity index (χ2v) is 7.74. The van der Waals surface area contributed by atoms with Crippen LogP contribution in [0, 0.1) is 0 Å². The van der Waals surface area contributed by atoms with Crippen LogP contribution >= 0.6 is 12.4 Å². The summed E-state index contributed by atoms with van der Waals surface area (Å²) in [6, 6.07) is 5.81. The van der Waals surface area contributed by atoms with Crippen molar-refractivity contribution in [3.8, 4) is 0 Å². The Kier molecular flexibility index (Phi) is 6.62. The van der Waals surface area contributed by atoms with Crippen molar-refractivity contribution in [3.05, 3.63) is 23.8 Å². The Balaban J connectivity index is 0.00000256. The minimum Gasteiger partial charge on any atom is -0.481 e. The summed E-state index contributed by atoms with van der Waals surface area (Å²) >= 11 is 0. The minimum atomic E-state index is -0.753. The van der Waals surface area contributed by atoms with Gasteiger partial charge in [0.25, 0.3) is 0 Å². The number of carboxylic acids is 1. The van der Waals surface area contributed by atoms with Gasteiger partial charge < -0.3 is 10.0 Å². The van der Waals surface area contributed by atoms with Crippen molar-refractivity contribution in [2.75, 3.05) is 31.1 Å². The first-order valence-corrected chi connectivity index (χ1v) is 9.94. The van der Waals surface area contributed by atoms with Gasteiger partial charge in [-0.2, -0.15) is 5.10 Å². The third-order valence-corrected chi connectivity index (χ3v) is 5.87. The number of nitrogens with zero attached hydrogens (tertiary/aromatic N) is 4. The number of aryl methyl sites for hydroxylation is 1. The molecule has 4 rings (SSSR count). The zero-order valence-electron chi connectivity index (χ0n) is 16.8. The van der Waals surface area contributed by atoms with Crippen molar-refractivity contribution < 1.29 is 19.5 Å². The number of halogens is 1. The van der Waals surface area contributed by atoms with E-state index in [-0.39, 0.29) is 31.2 Å². The van der Waals surface area contributed by atoms with Gasteiger partial charge in [-0.05, 0) is 49.5 Å². The lowest BCUT2D eigenvalue weighted by molar-refractivity contribution is -0.137. The number of piperidine rings is 1. The van der Waals surface area contributed by atoms with Crippen LogP contribution in [0.15, 0.2) is 18.2 Å². The molecule has 0 unspecified atom stereocenters.